The van der Waals surface area contributed by atoms with Gasteiger partial charge in [-0.25, -0.2) is 0 Å². The Morgan fingerprint density at radius 2 is 2.16 bits per heavy atom. The third-order valence-electron chi connectivity index (χ3n) is 3.29. The van der Waals surface area contributed by atoms with Crippen LogP contribution in [0.5, 0.6) is 5.75 Å². The first-order chi connectivity index (χ1) is 9.22. The molecule has 0 aromatic heterocycles. The molecule has 1 aromatic carbocycles. The molecule has 1 fully saturated rings. The molecule has 2 rings (SSSR count). The van der Waals surface area contributed by atoms with Crippen LogP contribution in [0.4, 0.5) is 5.69 Å². The van der Waals surface area contributed by atoms with Gasteiger partial charge >= 0.3 is 0 Å². The lowest BCUT2D eigenvalue weighted by Gasteiger charge is -2.24. The summed E-state index contributed by atoms with van der Waals surface area (Å²) in [6, 6.07) is 6.16. The number of rotatable bonds is 5. The lowest BCUT2D eigenvalue weighted by molar-refractivity contribution is 0.267. The highest BCUT2D eigenvalue weighted by Gasteiger charge is 2.17. The molecule has 0 bridgehead atoms. The molecule has 0 amide bonds. The molecule has 0 aliphatic carbocycles. The normalized spacial score (nSPS) is 23.1. The van der Waals surface area contributed by atoms with E-state index in [9.17, 15) is 9.32 Å². The van der Waals surface area contributed by atoms with Crippen molar-refractivity contribution in [2.75, 3.05) is 23.4 Å². The van der Waals surface area contributed by atoms with E-state index in [-0.39, 0.29) is 6.61 Å². The van der Waals surface area contributed by atoms with Gasteiger partial charge in [-0.2, -0.15) is 0 Å². The van der Waals surface area contributed by atoms with Crippen molar-refractivity contribution in [1.82, 2.24) is 0 Å². The van der Waals surface area contributed by atoms with Crippen molar-refractivity contribution in [2.24, 2.45) is 0 Å². The molecule has 0 atom stereocenters. The summed E-state index contributed by atoms with van der Waals surface area (Å²) in [6.07, 6.45) is 1.88. The van der Waals surface area contributed by atoms with Gasteiger partial charge < -0.3 is 15.2 Å². The summed E-state index contributed by atoms with van der Waals surface area (Å²) in [7, 11) is -0.631. The Morgan fingerprint density at radius 3 is 2.79 bits per heavy atom. The molecule has 1 aromatic rings. The van der Waals surface area contributed by atoms with E-state index in [1.807, 2.05) is 25.1 Å². The molecular formula is C14H21NO3S. The Balaban J connectivity index is 2.02. The van der Waals surface area contributed by atoms with Gasteiger partial charge in [-0.15, -0.1) is 0 Å². The second-order valence-electron chi connectivity index (χ2n) is 4.68. The van der Waals surface area contributed by atoms with Gasteiger partial charge in [-0.3, -0.25) is 4.21 Å². The minimum absolute atomic E-state index is 0.0282. The van der Waals surface area contributed by atoms with E-state index < -0.39 is 10.8 Å². The van der Waals surface area contributed by atoms with Gasteiger partial charge in [0.15, 0.2) is 0 Å². The van der Waals surface area contributed by atoms with Crippen LogP contribution in [0.2, 0.25) is 0 Å². The molecule has 1 aliphatic rings. The minimum atomic E-state index is -0.631. The van der Waals surface area contributed by atoms with Crippen LogP contribution in [0.25, 0.3) is 0 Å². The molecule has 0 unspecified atom stereocenters. The van der Waals surface area contributed by atoms with Crippen molar-refractivity contribution in [2.45, 2.75) is 32.4 Å². The summed E-state index contributed by atoms with van der Waals surface area (Å²) in [5.74, 6) is 2.30. The van der Waals surface area contributed by atoms with E-state index in [0.717, 1.165) is 41.3 Å². The Morgan fingerprint density at radius 1 is 1.42 bits per heavy atom. The fourth-order valence-electron chi connectivity index (χ4n) is 2.26. The predicted octanol–water partition coefficient (Wildman–Crippen LogP) is 1.90. The number of aliphatic hydroxyl groups is 1. The van der Waals surface area contributed by atoms with Gasteiger partial charge in [0, 0.05) is 39.6 Å². The summed E-state index contributed by atoms with van der Waals surface area (Å²) < 4.78 is 16.8. The third-order valence-corrected chi connectivity index (χ3v) is 4.67. The van der Waals surface area contributed by atoms with Gasteiger partial charge in [-0.05, 0) is 38.0 Å². The average molecular weight is 283 g/mol. The molecule has 106 valence electrons. The molecular weight excluding hydrogens is 262 g/mol. The van der Waals surface area contributed by atoms with Gasteiger partial charge in [0.05, 0.1) is 13.2 Å². The number of nitrogens with one attached hydrogen (secondary N) is 1. The first-order valence-electron chi connectivity index (χ1n) is 6.71. The maximum atomic E-state index is 11.3. The van der Waals surface area contributed by atoms with E-state index in [1.54, 1.807) is 0 Å². The van der Waals surface area contributed by atoms with Crippen LogP contribution in [0.15, 0.2) is 18.2 Å². The van der Waals surface area contributed by atoms with Gasteiger partial charge in [0.1, 0.15) is 5.75 Å². The molecule has 1 heterocycles. The number of hydrogen-bond donors (Lipinski definition) is 2. The van der Waals surface area contributed by atoms with Crippen molar-refractivity contribution < 1.29 is 14.1 Å². The van der Waals surface area contributed by atoms with Gasteiger partial charge in [0.25, 0.3) is 0 Å². The first-order valence-corrected chi connectivity index (χ1v) is 8.19. The monoisotopic (exact) mass is 283 g/mol. The molecule has 0 saturated carbocycles. The van der Waals surface area contributed by atoms with Crippen LogP contribution in [0, 0.1) is 0 Å². The molecule has 0 radical (unpaired) electrons. The molecule has 0 spiro atoms. The van der Waals surface area contributed by atoms with Crippen LogP contribution in [-0.2, 0) is 17.4 Å². The Labute approximate surface area is 116 Å². The highest BCUT2D eigenvalue weighted by Crippen LogP contribution is 2.24. The lowest BCUT2D eigenvalue weighted by Crippen LogP contribution is -2.29. The zero-order chi connectivity index (χ0) is 13.7. The summed E-state index contributed by atoms with van der Waals surface area (Å²) in [5.41, 5.74) is 1.79. The number of benzene rings is 1. The van der Waals surface area contributed by atoms with E-state index in [1.165, 1.54) is 0 Å². The zero-order valence-electron chi connectivity index (χ0n) is 11.2. The summed E-state index contributed by atoms with van der Waals surface area (Å²) in [5, 5.41) is 12.8. The second kappa shape index (κ2) is 6.91. The largest absolute Gasteiger partial charge is 0.494 e. The van der Waals surface area contributed by atoms with Crippen LogP contribution < -0.4 is 10.1 Å². The summed E-state index contributed by atoms with van der Waals surface area (Å²) >= 11 is 0. The van der Waals surface area contributed by atoms with E-state index in [4.69, 9.17) is 4.74 Å². The van der Waals surface area contributed by atoms with E-state index in [2.05, 4.69) is 5.32 Å². The van der Waals surface area contributed by atoms with Crippen molar-refractivity contribution in [3.8, 4) is 5.75 Å². The fraction of sp³-hybridized carbons (Fsp3) is 0.571. The molecule has 2 N–H and O–H groups in total. The lowest BCUT2D eigenvalue weighted by atomic mass is 10.1. The highest BCUT2D eigenvalue weighted by molar-refractivity contribution is 7.85. The SMILES string of the molecule is CCOc1ccc(NC2CCS(=O)CC2)cc1CO. The average Bonchev–Trinajstić information content (AvgIpc) is 2.43. The molecule has 4 nitrogen and oxygen atoms in total. The van der Waals surface area contributed by atoms with Gasteiger partial charge in [0.2, 0.25) is 0 Å². The fourth-order valence-corrected chi connectivity index (χ4v) is 3.56. The van der Waals surface area contributed by atoms with Crippen molar-refractivity contribution in [3.63, 3.8) is 0 Å². The standard InChI is InChI=1S/C14H21NO3S/c1-2-18-14-4-3-13(9-11(14)10-16)15-12-5-7-19(17)8-6-12/h3-4,9,12,15-16H,2,5-8,10H2,1H3. The molecule has 5 heteroatoms. The van der Waals surface area contributed by atoms with Crippen molar-refractivity contribution in [1.29, 1.82) is 0 Å². The topological polar surface area (TPSA) is 58.6 Å². The second-order valence-corrected chi connectivity index (χ2v) is 6.38. The number of aliphatic hydroxyl groups excluding tert-OH is 1. The Bertz CT molecular complexity index is 440. The minimum Gasteiger partial charge on any atom is -0.494 e. The maximum absolute atomic E-state index is 11.3. The smallest absolute Gasteiger partial charge is 0.124 e. The third kappa shape index (κ3) is 3.94. The molecule has 19 heavy (non-hydrogen) atoms. The summed E-state index contributed by atoms with van der Waals surface area (Å²) in [6.45, 7) is 2.49. The van der Waals surface area contributed by atoms with E-state index in [0.29, 0.717) is 12.6 Å². The zero-order valence-corrected chi connectivity index (χ0v) is 12.0. The van der Waals surface area contributed by atoms with Crippen LogP contribution >= 0.6 is 0 Å². The number of hydrogen-bond acceptors (Lipinski definition) is 4. The van der Waals surface area contributed by atoms with E-state index >= 15 is 0 Å². The Kier molecular flexibility index (Phi) is 5.22. The van der Waals surface area contributed by atoms with Gasteiger partial charge in [-0.1, -0.05) is 0 Å². The molecule has 1 saturated heterocycles. The first kappa shape index (κ1) is 14.3. The Hall–Kier alpha value is -1.07. The van der Waals surface area contributed by atoms with Crippen LogP contribution in [0.1, 0.15) is 25.3 Å². The maximum Gasteiger partial charge on any atom is 0.124 e. The van der Waals surface area contributed by atoms with Crippen LogP contribution in [0.3, 0.4) is 0 Å². The highest BCUT2D eigenvalue weighted by atomic mass is 32.2. The van der Waals surface area contributed by atoms with Crippen LogP contribution in [-0.4, -0.2) is 33.5 Å². The predicted molar refractivity (Wildman–Crippen MR) is 78.1 cm³/mol. The van der Waals surface area contributed by atoms with Crippen molar-refractivity contribution in [3.05, 3.63) is 23.8 Å². The number of anilines is 1. The quantitative estimate of drug-likeness (QED) is 0.866. The molecule has 1 aliphatic heterocycles. The number of ether oxygens (including phenoxy) is 1. The van der Waals surface area contributed by atoms with Crippen molar-refractivity contribution >= 4 is 16.5 Å². The summed E-state index contributed by atoms with van der Waals surface area (Å²) in [4.78, 5) is 0.